The second-order valence-electron chi connectivity index (χ2n) is 7.75. The number of rotatable bonds is 7. The van der Waals surface area contributed by atoms with Crippen LogP contribution in [0.1, 0.15) is 18.4 Å². The van der Waals surface area contributed by atoms with Gasteiger partial charge in [-0.15, -0.1) is 11.3 Å². The van der Waals surface area contributed by atoms with Crippen LogP contribution in [0.4, 0.5) is 0 Å². The monoisotopic (exact) mass is 487 g/mol. The van der Waals surface area contributed by atoms with Crippen LogP contribution < -0.4 is 0 Å². The fraction of sp³-hybridized carbons (Fsp3) is 0.348. The largest absolute Gasteiger partial charge is 0.453 e. The lowest BCUT2D eigenvalue weighted by atomic mass is 10.2. The molecule has 1 aliphatic heterocycles. The van der Waals surface area contributed by atoms with Crippen LogP contribution in [-0.2, 0) is 30.8 Å². The molecule has 8 nitrogen and oxygen atoms in total. The molecule has 4 rings (SSSR count). The molecule has 33 heavy (non-hydrogen) atoms. The quantitative estimate of drug-likeness (QED) is 0.476. The van der Waals surface area contributed by atoms with Crippen molar-refractivity contribution in [1.29, 1.82) is 0 Å². The van der Waals surface area contributed by atoms with E-state index in [9.17, 15) is 18.0 Å². The molecule has 0 radical (unpaired) electrons. The molecule has 10 heteroatoms. The molecule has 0 bridgehead atoms. The van der Waals surface area contributed by atoms with E-state index in [1.165, 1.54) is 15.6 Å². The predicted molar refractivity (Wildman–Crippen MR) is 125 cm³/mol. The number of nitrogens with zero attached hydrogens (tertiary/aromatic N) is 3. The highest BCUT2D eigenvalue weighted by molar-refractivity contribution is 7.89. The highest BCUT2D eigenvalue weighted by Gasteiger charge is 2.32. The topological polar surface area (TPSA) is 96.9 Å². The van der Waals surface area contributed by atoms with Crippen molar-refractivity contribution in [2.45, 2.75) is 30.8 Å². The molecular weight excluding hydrogens is 462 g/mol. The average Bonchev–Trinajstić information content (AvgIpc) is 3.26. The Balaban J connectivity index is 1.25. The number of fused-ring (bicyclic) bond motifs is 1. The Kier molecular flexibility index (Phi) is 7.06. The zero-order valence-corrected chi connectivity index (χ0v) is 19.8. The van der Waals surface area contributed by atoms with E-state index in [0.29, 0.717) is 6.42 Å². The molecule has 1 saturated heterocycles. The summed E-state index contributed by atoms with van der Waals surface area (Å²) >= 11 is 1.54. The molecular formula is C23H25N3O5S2. The molecule has 174 valence electrons. The van der Waals surface area contributed by atoms with Gasteiger partial charge < -0.3 is 9.64 Å². The summed E-state index contributed by atoms with van der Waals surface area (Å²) in [6.07, 6.45) is -0.333. The number of para-hydroxylation sites is 1. The van der Waals surface area contributed by atoms with Gasteiger partial charge in [0.25, 0.3) is 5.91 Å². The average molecular weight is 488 g/mol. The summed E-state index contributed by atoms with van der Waals surface area (Å²) in [6.45, 7) is 2.43. The number of carbonyl (C=O) groups excluding carboxylic acids is 2. The Morgan fingerprint density at radius 2 is 1.70 bits per heavy atom. The van der Waals surface area contributed by atoms with E-state index >= 15 is 0 Å². The number of esters is 1. The van der Waals surface area contributed by atoms with Crippen LogP contribution in [0.5, 0.6) is 0 Å². The SMILES string of the molecule is C[C@@H](OC(=O)CCc1nc2ccccc2s1)C(=O)N1CCN(S(=O)(=O)c2ccccc2)CC1. The van der Waals surface area contributed by atoms with E-state index in [2.05, 4.69) is 4.98 Å². The maximum atomic E-state index is 12.7. The van der Waals surface area contributed by atoms with Gasteiger partial charge in [0.05, 0.1) is 26.5 Å². The van der Waals surface area contributed by atoms with Gasteiger partial charge in [-0.1, -0.05) is 30.3 Å². The maximum absolute atomic E-state index is 12.7. The van der Waals surface area contributed by atoms with E-state index in [-0.39, 0.29) is 43.4 Å². The highest BCUT2D eigenvalue weighted by atomic mass is 32.2. The predicted octanol–water partition coefficient (Wildman–Crippen LogP) is 2.69. The molecule has 0 unspecified atom stereocenters. The Labute approximate surface area is 196 Å². The summed E-state index contributed by atoms with van der Waals surface area (Å²) in [6, 6.07) is 16.0. The van der Waals surface area contributed by atoms with E-state index < -0.39 is 22.1 Å². The molecule has 1 fully saturated rings. The first kappa shape index (κ1) is 23.3. The fourth-order valence-corrected chi connectivity index (χ4v) is 6.10. The number of hydrogen-bond donors (Lipinski definition) is 0. The summed E-state index contributed by atoms with van der Waals surface area (Å²) in [4.78, 5) is 31.3. The van der Waals surface area contributed by atoms with Gasteiger partial charge in [0.2, 0.25) is 10.0 Å². The Morgan fingerprint density at radius 3 is 2.39 bits per heavy atom. The summed E-state index contributed by atoms with van der Waals surface area (Å²) in [7, 11) is -3.59. The van der Waals surface area contributed by atoms with Gasteiger partial charge in [0.15, 0.2) is 6.10 Å². The van der Waals surface area contributed by atoms with Crippen molar-refractivity contribution in [2.24, 2.45) is 0 Å². The van der Waals surface area contributed by atoms with E-state index in [1.807, 2.05) is 24.3 Å². The lowest BCUT2D eigenvalue weighted by Crippen LogP contribution is -2.52. The Morgan fingerprint density at radius 1 is 1.03 bits per heavy atom. The van der Waals surface area contributed by atoms with E-state index in [4.69, 9.17) is 4.74 Å². The summed E-state index contributed by atoms with van der Waals surface area (Å²) in [5.74, 6) is -0.777. The molecule has 0 spiro atoms. The number of aryl methyl sites for hydroxylation is 1. The molecule has 2 aromatic carbocycles. The van der Waals surface area contributed by atoms with Crippen molar-refractivity contribution >= 4 is 43.5 Å². The Bertz CT molecular complexity index is 1200. The van der Waals surface area contributed by atoms with Crippen molar-refractivity contribution in [3.05, 3.63) is 59.6 Å². The van der Waals surface area contributed by atoms with Crippen LogP contribution >= 0.6 is 11.3 Å². The number of ether oxygens (including phenoxy) is 1. The second-order valence-corrected chi connectivity index (χ2v) is 10.8. The zero-order chi connectivity index (χ0) is 23.4. The summed E-state index contributed by atoms with van der Waals surface area (Å²) < 4.78 is 33.3. The number of sulfonamides is 1. The van der Waals surface area contributed by atoms with Gasteiger partial charge in [-0.25, -0.2) is 13.4 Å². The fourth-order valence-electron chi connectivity index (χ4n) is 3.69. The van der Waals surface area contributed by atoms with Gasteiger partial charge in [-0.2, -0.15) is 4.31 Å². The number of aromatic nitrogens is 1. The third-order valence-corrected chi connectivity index (χ3v) is 8.48. The number of carbonyl (C=O) groups is 2. The van der Waals surface area contributed by atoms with Crippen LogP contribution in [0, 0.1) is 0 Å². The lowest BCUT2D eigenvalue weighted by Gasteiger charge is -2.35. The van der Waals surface area contributed by atoms with Crippen LogP contribution in [0.15, 0.2) is 59.5 Å². The summed E-state index contributed by atoms with van der Waals surface area (Å²) in [5, 5.41) is 0.850. The highest BCUT2D eigenvalue weighted by Crippen LogP contribution is 2.23. The minimum Gasteiger partial charge on any atom is -0.453 e. The molecule has 0 N–H and O–H groups in total. The lowest BCUT2D eigenvalue weighted by molar-refractivity contribution is -0.159. The molecule has 2 heterocycles. The number of amides is 1. The van der Waals surface area contributed by atoms with Crippen molar-refractivity contribution in [3.63, 3.8) is 0 Å². The van der Waals surface area contributed by atoms with E-state index in [1.54, 1.807) is 42.2 Å². The number of benzene rings is 2. The van der Waals surface area contributed by atoms with Crippen LogP contribution in [0.3, 0.4) is 0 Å². The molecule has 1 amide bonds. The van der Waals surface area contributed by atoms with Crippen LogP contribution in [-0.4, -0.2) is 66.8 Å². The Hall–Kier alpha value is -2.82. The first-order valence-electron chi connectivity index (χ1n) is 10.7. The van der Waals surface area contributed by atoms with Crippen molar-refractivity contribution in [1.82, 2.24) is 14.2 Å². The molecule has 3 aromatic rings. The number of piperazine rings is 1. The van der Waals surface area contributed by atoms with E-state index in [0.717, 1.165) is 15.2 Å². The number of hydrogen-bond acceptors (Lipinski definition) is 7. The molecule has 1 aromatic heterocycles. The minimum absolute atomic E-state index is 0.139. The second kappa shape index (κ2) is 9.98. The minimum atomic E-state index is -3.59. The third-order valence-electron chi connectivity index (χ3n) is 5.47. The number of thiazole rings is 1. The van der Waals surface area contributed by atoms with Crippen molar-refractivity contribution in [2.75, 3.05) is 26.2 Å². The molecule has 1 atom stereocenters. The van der Waals surface area contributed by atoms with Gasteiger partial charge in [0, 0.05) is 32.6 Å². The standard InChI is InChI=1S/C23H25N3O5S2/c1-17(31-22(27)12-11-21-24-19-9-5-6-10-20(19)32-21)23(28)25-13-15-26(16-14-25)33(29,30)18-7-3-2-4-8-18/h2-10,17H,11-16H2,1H3/t17-/m1/s1. The van der Waals surface area contributed by atoms with Gasteiger partial charge >= 0.3 is 5.97 Å². The van der Waals surface area contributed by atoms with Gasteiger partial charge in [-0.05, 0) is 31.2 Å². The molecule has 1 aliphatic rings. The first-order valence-corrected chi connectivity index (χ1v) is 13.0. The normalized spacial score (nSPS) is 16.0. The molecule has 0 aliphatic carbocycles. The first-order chi connectivity index (χ1) is 15.8. The zero-order valence-electron chi connectivity index (χ0n) is 18.2. The van der Waals surface area contributed by atoms with Crippen LogP contribution in [0.2, 0.25) is 0 Å². The van der Waals surface area contributed by atoms with Gasteiger partial charge in [0.1, 0.15) is 0 Å². The molecule has 0 saturated carbocycles. The van der Waals surface area contributed by atoms with Crippen molar-refractivity contribution < 1.29 is 22.7 Å². The maximum Gasteiger partial charge on any atom is 0.306 e. The third kappa shape index (κ3) is 5.40. The summed E-state index contributed by atoms with van der Waals surface area (Å²) in [5.41, 5.74) is 0.905. The van der Waals surface area contributed by atoms with Crippen molar-refractivity contribution in [3.8, 4) is 0 Å². The van der Waals surface area contributed by atoms with Crippen LogP contribution in [0.25, 0.3) is 10.2 Å². The van der Waals surface area contributed by atoms with Gasteiger partial charge in [-0.3, -0.25) is 9.59 Å². The smallest absolute Gasteiger partial charge is 0.306 e.